The largest absolute Gasteiger partial charge is 0.0625 e. The van der Waals surface area contributed by atoms with Gasteiger partial charge in [-0.15, -0.1) is 0 Å². The minimum Gasteiger partial charge on any atom is -0.0625 e. The van der Waals surface area contributed by atoms with Crippen LogP contribution >= 0.6 is 0 Å². The second kappa shape index (κ2) is 2.50. The number of hydrogen-bond donors (Lipinski definition) is 0. The molecule has 0 saturated heterocycles. The van der Waals surface area contributed by atoms with Crippen LogP contribution in [0.4, 0.5) is 0 Å². The van der Waals surface area contributed by atoms with Crippen molar-refractivity contribution < 1.29 is 0 Å². The third-order valence-corrected chi connectivity index (χ3v) is 4.08. The fourth-order valence-electron chi connectivity index (χ4n) is 2.49. The fraction of sp³-hybridized carbons (Fsp3) is 1.00. The number of rotatable bonds is 2. The highest BCUT2D eigenvalue weighted by atomic mass is 14.6. The van der Waals surface area contributed by atoms with Crippen molar-refractivity contribution in [2.45, 2.75) is 41.5 Å². The molecule has 0 heteroatoms. The lowest BCUT2D eigenvalue weighted by atomic mass is 9.89. The molecule has 0 bridgehead atoms. The monoisotopic (exact) mass is 154 g/mol. The van der Waals surface area contributed by atoms with E-state index < -0.39 is 0 Å². The zero-order valence-electron chi connectivity index (χ0n) is 8.81. The predicted molar refractivity (Wildman–Crippen MR) is 50.4 cm³/mol. The van der Waals surface area contributed by atoms with Crippen LogP contribution in [0.5, 0.6) is 0 Å². The van der Waals surface area contributed by atoms with Crippen LogP contribution in [0.2, 0.25) is 0 Å². The van der Waals surface area contributed by atoms with Crippen LogP contribution < -0.4 is 0 Å². The van der Waals surface area contributed by atoms with Gasteiger partial charge >= 0.3 is 0 Å². The van der Waals surface area contributed by atoms with Gasteiger partial charge < -0.3 is 0 Å². The zero-order valence-corrected chi connectivity index (χ0v) is 8.81. The first kappa shape index (κ1) is 9.09. The molecule has 0 aromatic carbocycles. The highest BCUT2D eigenvalue weighted by molar-refractivity contribution is 5.04. The summed E-state index contributed by atoms with van der Waals surface area (Å²) in [6.45, 7) is 14.3. The molecular weight excluding hydrogens is 132 g/mol. The minimum atomic E-state index is 0.629. The van der Waals surface area contributed by atoms with Gasteiger partial charge in [0.2, 0.25) is 0 Å². The van der Waals surface area contributed by atoms with Crippen molar-refractivity contribution in [1.29, 1.82) is 0 Å². The van der Waals surface area contributed by atoms with Crippen LogP contribution in [0.3, 0.4) is 0 Å². The predicted octanol–water partition coefficient (Wildman–Crippen LogP) is 3.57. The SMILES string of the molecule is CC(C)C(C)C1C(C)C1(C)C. The molecule has 11 heavy (non-hydrogen) atoms. The summed E-state index contributed by atoms with van der Waals surface area (Å²) in [5.41, 5.74) is 0.629. The Morgan fingerprint density at radius 1 is 1.09 bits per heavy atom. The summed E-state index contributed by atoms with van der Waals surface area (Å²) in [6.07, 6.45) is 0. The average molecular weight is 154 g/mol. The summed E-state index contributed by atoms with van der Waals surface area (Å²) in [5.74, 6) is 3.67. The maximum absolute atomic E-state index is 2.40. The van der Waals surface area contributed by atoms with Gasteiger partial charge in [-0.1, -0.05) is 41.5 Å². The second-order valence-corrected chi connectivity index (χ2v) is 5.24. The lowest BCUT2D eigenvalue weighted by molar-refractivity contribution is 0.326. The van der Waals surface area contributed by atoms with Crippen LogP contribution in [0.15, 0.2) is 0 Å². The van der Waals surface area contributed by atoms with Gasteiger partial charge in [0, 0.05) is 0 Å². The summed E-state index contributed by atoms with van der Waals surface area (Å²) < 4.78 is 0. The lowest BCUT2D eigenvalue weighted by Gasteiger charge is -2.16. The molecule has 0 aromatic rings. The van der Waals surface area contributed by atoms with Gasteiger partial charge in [-0.3, -0.25) is 0 Å². The Morgan fingerprint density at radius 2 is 1.45 bits per heavy atom. The maximum Gasteiger partial charge on any atom is -0.0292 e. The van der Waals surface area contributed by atoms with E-state index in [2.05, 4.69) is 41.5 Å². The van der Waals surface area contributed by atoms with E-state index in [-0.39, 0.29) is 0 Å². The molecule has 0 N–H and O–H groups in total. The third-order valence-electron chi connectivity index (χ3n) is 4.08. The molecule has 3 atom stereocenters. The van der Waals surface area contributed by atoms with Crippen molar-refractivity contribution >= 4 is 0 Å². The van der Waals surface area contributed by atoms with Crippen molar-refractivity contribution in [2.75, 3.05) is 0 Å². The molecule has 0 aliphatic heterocycles. The molecule has 0 aromatic heterocycles. The van der Waals surface area contributed by atoms with E-state index in [1.165, 1.54) is 0 Å². The van der Waals surface area contributed by atoms with Gasteiger partial charge in [0.25, 0.3) is 0 Å². The molecule has 1 aliphatic rings. The molecule has 0 spiro atoms. The minimum absolute atomic E-state index is 0.629. The van der Waals surface area contributed by atoms with E-state index in [9.17, 15) is 0 Å². The van der Waals surface area contributed by atoms with Gasteiger partial charge in [-0.25, -0.2) is 0 Å². The Morgan fingerprint density at radius 3 is 1.55 bits per heavy atom. The topological polar surface area (TPSA) is 0 Å². The van der Waals surface area contributed by atoms with Gasteiger partial charge in [-0.2, -0.15) is 0 Å². The molecule has 0 radical (unpaired) electrons. The summed E-state index contributed by atoms with van der Waals surface area (Å²) in [6, 6.07) is 0. The van der Waals surface area contributed by atoms with E-state index in [4.69, 9.17) is 0 Å². The van der Waals surface area contributed by atoms with Gasteiger partial charge in [0.05, 0.1) is 0 Å². The Hall–Kier alpha value is 0. The smallest absolute Gasteiger partial charge is 0.0292 e. The Balaban J connectivity index is 2.53. The van der Waals surface area contributed by atoms with Crippen molar-refractivity contribution in [2.24, 2.45) is 29.1 Å². The highest BCUT2D eigenvalue weighted by Gasteiger charge is 2.56. The second-order valence-electron chi connectivity index (χ2n) is 5.24. The van der Waals surface area contributed by atoms with E-state index in [1.807, 2.05) is 0 Å². The average Bonchev–Trinajstić information content (AvgIpc) is 2.32. The fourth-order valence-corrected chi connectivity index (χ4v) is 2.49. The highest BCUT2D eigenvalue weighted by Crippen LogP contribution is 2.62. The van der Waals surface area contributed by atoms with Crippen LogP contribution in [0, 0.1) is 29.1 Å². The van der Waals surface area contributed by atoms with Crippen LogP contribution in [0.25, 0.3) is 0 Å². The molecule has 0 nitrogen and oxygen atoms in total. The molecule has 0 amide bonds. The quantitative estimate of drug-likeness (QED) is 0.570. The molecular formula is C11H22. The molecule has 1 fully saturated rings. The lowest BCUT2D eigenvalue weighted by Crippen LogP contribution is -2.09. The molecule has 3 unspecified atom stereocenters. The van der Waals surface area contributed by atoms with Crippen molar-refractivity contribution in [3.8, 4) is 0 Å². The number of hydrogen-bond acceptors (Lipinski definition) is 0. The molecule has 66 valence electrons. The van der Waals surface area contributed by atoms with Gasteiger partial charge in [0.1, 0.15) is 0 Å². The molecule has 1 aliphatic carbocycles. The zero-order chi connectivity index (χ0) is 8.81. The summed E-state index contributed by atoms with van der Waals surface area (Å²) in [7, 11) is 0. The molecule has 0 heterocycles. The first-order valence-corrected chi connectivity index (χ1v) is 4.89. The first-order valence-electron chi connectivity index (χ1n) is 4.89. The standard InChI is InChI=1S/C11H22/c1-7(2)8(3)10-9(4)11(10,5)6/h7-10H,1-6H3. The van der Waals surface area contributed by atoms with E-state index in [0.29, 0.717) is 5.41 Å². The van der Waals surface area contributed by atoms with Gasteiger partial charge in [-0.05, 0) is 29.1 Å². The van der Waals surface area contributed by atoms with Crippen LogP contribution in [-0.4, -0.2) is 0 Å². The Labute approximate surface area is 71.4 Å². The van der Waals surface area contributed by atoms with Gasteiger partial charge in [0.15, 0.2) is 0 Å². The molecule has 1 saturated carbocycles. The Kier molecular flexibility index (Phi) is 2.07. The van der Waals surface area contributed by atoms with Crippen molar-refractivity contribution in [1.82, 2.24) is 0 Å². The van der Waals surface area contributed by atoms with Crippen LogP contribution in [-0.2, 0) is 0 Å². The Bertz CT molecular complexity index is 144. The van der Waals surface area contributed by atoms with Crippen LogP contribution in [0.1, 0.15) is 41.5 Å². The maximum atomic E-state index is 2.40. The van der Waals surface area contributed by atoms with E-state index in [1.54, 1.807) is 0 Å². The van der Waals surface area contributed by atoms with Crippen molar-refractivity contribution in [3.05, 3.63) is 0 Å². The summed E-state index contributed by atoms with van der Waals surface area (Å²) in [4.78, 5) is 0. The van der Waals surface area contributed by atoms with E-state index >= 15 is 0 Å². The normalized spacial score (nSPS) is 37.4. The van der Waals surface area contributed by atoms with Crippen molar-refractivity contribution in [3.63, 3.8) is 0 Å². The third kappa shape index (κ3) is 1.32. The molecule has 1 rings (SSSR count). The first-order chi connectivity index (χ1) is 4.89. The summed E-state index contributed by atoms with van der Waals surface area (Å²) >= 11 is 0. The van der Waals surface area contributed by atoms with E-state index in [0.717, 1.165) is 23.7 Å². The summed E-state index contributed by atoms with van der Waals surface area (Å²) in [5, 5.41) is 0.